The highest BCUT2D eigenvalue weighted by atomic mass is 16.3. The Kier molecular flexibility index (Phi) is 2.69. The van der Waals surface area contributed by atoms with Crippen LogP contribution in [0.5, 0.6) is 5.75 Å². The van der Waals surface area contributed by atoms with Gasteiger partial charge in [-0.1, -0.05) is 0 Å². The molecule has 1 saturated carbocycles. The van der Waals surface area contributed by atoms with Gasteiger partial charge in [0.25, 0.3) is 0 Å². The van der Waals surface area contributed by atoms with Crippen LogP contribution in [0.15, 0.2) is 30.6 Å². The normalized spacial score (nSPS) is 14.4. The molecule has 1 aliphatic carbocycles. The van der Waals surface area contributed by atoms with E-state index in [0.29, 0.717) is 11.5 Å². The van der Waals surface area contributed by atoms with Gasteiger partial charge in [-0.15, -0.1) is 0 Å². The monoisotopic (exact) mass is 297 g/mol. The Labute approximate surface area is 126 Å². The molecular formula is C15H15N5O2. The molecule has 0 unspecified atom stereocenters. The number of hydrogen-bond acceptors (Lipinski definition) is 4. The zero-order chi connectivity index (χ0) is 15.3. The number of nitrogens with zero attached hydrogens (tertiary/aromatic N) is 4. The molecule has 3 aromatic rings. The highest BCUT2D eigenvalue weighted by Gasteiger charge is 2.30. The summed E-state index contributed by atoms with van der Waals surface area (Å²) in [4.78, 5) is 11.8. The molecule has 7 nitrogen and oxygen atoms in total. The first-order valence-corrected chi connectivity index (χ1v) is 7.13. The molecule has 22 heavy (non-hydrogen) atoms. The number of amides is 1. The Hall–Kier alpha value is -2.83. The van der Waals surface area contributed by atoms with Gasteiger partial charge in [-0.25, -0.2) is 4.52 Å². The van der Waals surface area contributed by atoms with Gasteiger partial charge < -0.3 is 10.4 Å². The third kappa shape index (κ3) is 2.11. The first kappa shape index (κ1) is 12.9. The predicted molar refractivity (Wildman–Crippen MR) is 80.4 cm³/mol. The average molecular weight is 297 g/mol. The summed E-state index contributed by atoms with van der Waals surface area (Å²) in [7, 11) is 1.77. The number of pyridine rings is 1. The van der Waals surface area contributed by atoms with Gasteiger partial charge in [0.1, 0.15) is 5.69 Å². The fourth-order valence-electron chi connectivity index (χ4n) is 2.54. The van der Waals surface area contributed by atoms with Crippen LogP contribution in [0.2, 0.25) is 0 Å². The van der Waals surface area contributed by atoms with E-state index in [-0.39, 0.29) is 17.6 Å². The van der Waals surface area contributed by atoms with Gasteiger partial charge in [0, 0.05) is 30.8 Å². The molecule has 3 heterocycles. The standard InChI is InChI=1S/C15H15N5O2/c1-19-14(12(21)8-16-19)10-4-5-20-11(6-10)7-13(18-20)17-15(22)9-2-3-9/h4-9,21H,2-3H2,1H3,(H,17,18,22). The molecule has 4 rings (SSSR count). The molecule has 1 fully saturated rings. The van der Waals surface area contributed by atoms with Crippen LogP contribution in [0, 0.1) is 5.92 Å². The summed E-state index contributed by atoms with van der Waals surface area (Å²) in [6, 6.07) is 5.57. The predicted octanol–water partition coefficient (Wildman–Crippen LogP) is 1.79. The third-order valence-corrected chi connectivity index (χ3v) is 3.86. The van der Waals surface area contributed by atoms with Crippen molar-refractivity contribution in [3.63, 3.8) is 0 Å². The minimum absolute atomic E-state index is 0.0351. The van der Waals surface area contributed by atoms with Crippen LogP contribution in [0.4, 0.5) is 5.82 Å². The van der Waals surface area contributed by atoms with E-state index in [4.69, 9.17) is 0 Å². The molecule has 0 radical (unpaired) electrons. The summed E-state index contributed by atoms with van der Waals surface area (Å²) in [5.41, 5.74) is 2.32. The largest absolute Gasteiger partial charge is 0.504 e. The van der Waals surface area contributed by atoms with Crippen molar-refractivity contribution in [3.05, 3.63) is 30.6 Å². The van der Waals surface area contributed by atoms with Crippen LogP contribution < -0.4 is 5.32 Å². The lowest BCUT2D eigenvalue weighted by molar-refractivity contribution is -0.117. The zero-order valence-electron chi connectivity index (χ0n) is 12.0. The van der Waals surface area contributed by atoms with Gasteiger partial charge in [0.2, 0.25) is 5.91 Å². The van der Waals surface area contributed by atoms with Gasteiger partial charge in [0.05, 0.1) is 11.7 Å². The second-order valence-electron chi connectivity index (χ2n) is 5.58. The molecule has 0 atom stereocenters. The van der Waals surface area contributed by atoms with Gasteiger partial charge in [0.15, 0.2) is 11.6 Å². The maximum Gasteiger partial charge on any atom is 0.228 e. The second-order valence-corrected chi connectivity index (χ2v) is 5.58. The van der Waals surface area contributed by atoms with E-state index in [0.717, 1.165) is 23.9 Å². The molecule has 2 N–H and O–H groups in total. The number of nitrogens with one attached hydrogen (secondary N) is 1. The minimum Gasteiger partial charge on any atom is -0.504 e. The molecule has 0 spiro atoms. The summed E-state index contributed by atoms with van der Waals surface area (Å²) in [6.07, 6.45) is 5.13. The van der Waals surface area contributed by atoms with E-state index < -0.39 is 0 Å². The topological polar surface area (TPSA) is 84.4 Å². The van der Waals surface area contributed by atoms with E-state index in [9.17, 15) is 9.90 Å². The molecule has 0 bridgehead atoms. The third-order valence-electron chi connectivity index (χ3n) is 3.86. The Bertz CT molecular complexity index is 856. The van der Waals surface area contributed by atoms with E-state index >= 15 is 0 Å². The Morgan fingerprint density at radius 2 is 2.23 bits per heavy atom. The lowest BCUT2D eigenvalue weighted by Gasteiger charge is -2.03. The SMILES string of the molecule is Cn1ncc(O)c1-c1ccn2nc(NC(=O)C3CC3)cc2c1. The van der Waals surface area contributed by atoms with Gasteiger partial charge in [-0.05, 0) is 25.0 Å². The Balaban J connectivity index is 1.70. The van der Waals surface area contributed by atoms with Crippen LogP contribution in [0.1, 0.15) is 12.8 Å². The first-order chi connectivity index (χ1) is 10.6. The number of carbonyl (C=O) groups excluding carboxylic acids is 1. The fourth-order valence-corrected chi connectivity index (χ4v) is 2.54. The molecule has 0 aromatic carbocycles. The van der Waals surface area contributed by atoms with Crippen molar-refractivity contribution in [2.75, 3.05) is 5.32 Å². The van der Waals surface area contributed by atoms with E-state index in [1.54, 1.807) is 22.4 Å². The van der Waals surface area contributed by atoms with Crippen LogP contribution in [0.25, 0.3) is 16.8 Å². The summed E-state index contributed by atoms with van der Waals surface area (Å²) in [5, 5.41) is 21.1. The van der Waals surface area contributed by atoms with Crippen LogP contribution >= 0.6 is 0 Å². The lowest BCUT2D eigenvalue weighted by Crippen LogP contribution is -2.13. The molecule has 1 aliphatic rings. The maximum absolute atomic E-state index is 11.8. The molecule has 3 aromatic heterocycles. The van der Waals surface area contributed by atoms with Crippen molar-refractivity contribution in [3.8, 4) is 17.0 Å². The second kappa shape index (κ2) is 4.59. The van der Waals surface area contributed by atoms with Crippen molar-refractivity contribution in [2.45, 2.75) is 12.8 Å². The number of hydrogen-bond donors (Lipinski definition) is 2. The van der Waals surface area contributed by atoms with Gasteiger partial charge in [-0.2, -0.15) is 10.2 Å². The van der Waals surface area contributed by atoms with E-state index in [1.807, 2.05) is 18.2 Å². The van der Waals surface area contributed by atoms with Crippen LogP contribution in [-0.2, 0) is 11.8 Å². The number of aryl methyl sites for hydroxylation is 1. The number of aromatic hydroxyl groups is 1. The number of fused-ring (bicyclic) bond motifs is 1. The van der Waals surface area contributed by atoms with Crippen molar-refractivity contribution < 1.29 is 9.90 Å². The van der Waals surface area contributed by atoms with Crippen molar-refractivity contribution in [1.29, 1.82) is 0 Å². The molecule has 112 valence electrons. The van der Waals surface area contributed by atoms with Gasteiger partial charge >= 0.3 is 0 Å². The summed E-state index contributed by atoms with van der Waals surface area (Å²) >= 11 is 0. The quantitative estimate of drug-likeness (QED) is 0.772. The number of rotatable bonds is 3. The maximum atomic E-state index is 11.8. The summed E-state index contributed by atoms with van der Waals surface area (Å²) in [6.45, 7) is 0. The van der Waals surface area contributed by atoms with E-state index in [2.05, 4.69) is 15.5 Å². The average Bonchev–Trinajstić information content (AvgIpc) is 3.19. The number of carbonyl (C=O) groups is 1. The highest BCUT2D eigenvalue weighted by molar-refractivity contribution is 5.93. The smallest absolute Gasteiger partial charge is 0.228 e. The Morgan fingerprint density at radius 3 is 2.91 bits per heavy atom. The molecule has 0 saturated heterocycles. The van der Waals surface area contributed by atoms with E-state index in [1.165, 1.54) is 6.20 Å². The van der Waals surface area contributed by atoms with Crippen molar-refractivity contribution in [1.82, 2.24) is 19.4 Å². The molecule has 7 heteroatoms. The van der Waals surface area contributed by atoms with Gasteiger partial charge in [-0.3, -0.25) is 9.48 Å². The van der Waals surface area contributed by atoms with Crippen LogP contribution in [-0.4, -0.2) is 30.4 Å². The van der Waals surface area contributed by atoms with Crippen LogP contribution in [0.3, 0.4) is 0 Å². The molecule has 1 amide bonds. The molecular weight excluding hydrogens is 282 g/mol. The summed E-state index contributed by atoms with van der Waals surface area (Å²) < 4.78 is 3.31. The molecule has 0 aliphatic heterocycles. The minimum atomic E-state index is 0.0351. The lowest BCUT2D eigenvalue weighted by atomic mass is 10.1. The Morgan fingerprint density at radius 1 is 1.41 bits per heavy atom. The fraction of sp³-hybridized carbons (Fsp3) is 0.267. The zero-order valence-corrected chi connectivity index (χ0v) is 12.0. The van der Waals surface area contributed by atoms with Crippen molar-refractivity contribution in [2.24, 2.45) is 13.0 Å². The summed E-state index contributed by atoms with van der Waals surface area (Å²) in [5.74, 6) is 0.858. The first-order valence-electron chi connectivity index (χ1n) is 7.13. The van der Waals surface area contributed by atoms with Crippen molar-refractivity contribution >= 4 is 17.2 Å². The number of aromatic nitrogens is 4. The highest BCUT2D eigenvalue weighted by Crippen LogP contribution is 2.31. The number of anilines is 1.